The van der Waals surface area contributed by atoms with Gasteiger partial charge in [0.25, 0.3) is 0 Å². The smallest absolute Gasteiger partial charge is 0.369 e. The summed E-state index contributed by atoms with van der Waals surface area (Å²) < 4.78 is 38.4. The Kier molecular flexibility index (Phi) is 5.88. The number of benzene rings is 1. The molecule has 3 nitrogen and oxygen atoms in total. The Morgan fingerprint density at radius 3 is 2.70 bits per heavy atom. The van der Waals surface area contributed by atoms with Gasteiger partial charge in [0.05, 0.1) is 17.2 Å². The van der Waals surface area contributed by atoms with Gasteiger partial charge in [0, 0.05) is 24.2 Å². The Bertz CT molecular complexity index is 695. The number of alkyl halides is 3. The molecule has 1 aromatic heterocycles. The molecule has 0 aliphatic rings. The van der Waals surface area contributed by atoms with Crippen LogP contribution in [0.5, 0.6) is 0 Å². The fraction of sp³-hybridized carbons (Fsp3) is 0.250. The van der Waals surface area contributed by atoms with E-state index in [1.165, 1.54) is 12.3 Å². The van der Waals surface area contributed by atoms with Gasteiger partial charge in [-0.2, -0.15) is 30.2 Å². The zero-order chi connectivity index (χ0) is 16.7. The molecule has 0 spiro atoms. The van der Waals surface area contributed by atoms with Crippen LogP contribution in [0, 0.1) is 11.3 Å². The van der Waals surface area contributed by atoms with Crippen molar-refractivity contribution in [2.24, 2.45) is 0 Å². The highest BCUT2D eigenvalue weighted by molar-refractivity contribution is 7.98. The van der Waals surface area contributed by atoms with E-state index in [0.29, 0.717) is 23.6 Å². The number of nitrogens with zero attached hydrogens (tertiary/aromatic N) is 2. The van der Waals surface area contributed by atoms with Gasteiger partial charge in [-0.25, -0.2) is 4.98 Å². The Balaban J connectivity index is 1.84. The van der Waals surface area contributed by atoms with Crippen LogP contribution >= 0.6 is 11.8 Å². The van der Waals surface area contributed by atoms with Crippen LogP contribution < -0.4 is 5.32 Å². The number of hydrogen-bond donors (Lipinski definition) is 1. The van der Waals surface area contributed by atoms with Crippen molar-refractivity contribution in [2.75, 3.05) is 17.6 Å². The summed E-state index contributed by atoms with van der Waals surface area (Å²) in [6.07, 6.45) is -3.09. The highest BCUT2D eigenvalue weighted by Crippen LogP contribution is 2.33. The topological polar surface area (TPSA) is 48.7 Å². The third-order valence-corrected chi connectivity index (χ3v) is 4.06. The number of aromatic nitrogens is 1. The molecule has 0 aliphatic heterocycles. The van der Waals surface area contributed by atoms with E-state index in [4.69, 9.17) is 5.26 Å². The maximum atomic E-state index is 12.8. The summed E-state index contributed by atoms with van der Waals surface area (Å²) >= 11 is 1.55. The number of thioether (sulfide) groups is 1. The minimum Gasteiger partial charge on any atom is -0.369 e. The highest BCUT2D eigenvalue weighted by atomic mass is 32.2. The molecule has 120 valence electrons. The lowest BCUT2D eigenvalue weighted by Crippen LogP contribution is -2.14. The summed E-state index contributed by atoms with van der Waals surface area (Å²) in [5, 5.41) is 11.7. The van der Waals surface area contributed by atoms with Crippen molar-refractivity contribution in [1.82, 2.24) is 4.98 Å². The van der Waals surface area contributed by atoms with Crippen molar-refractivity contribution in [3.63, 3.8) is 0 Å². The van der Waals surface area contributed by atoms with Crippen LogP contribution in [0.3, 0.4) is 0 Å². The van der Waals surface area contributed by atoms with E-state index >= 15 is 0 Å². The molecule has 2 rings (SSSR count). The van der Waals surface area contributed by atoms with Gasteiger partial charge in [-0.05, 0) is 23.8 Å². The van der Waals surface area contributed by atoms with Crippen molar-refractivity contribution in [2.45, 2.75) is 11.9 Å². The molecule has 1 N–H and O–H groups in total. The number of pyridine rings is 1. The van der Waals surface area contributed by atoms with Crippen LogP contribution in [-0.2, 0) is 11.9 Å². The van der Waals surface area contributed by atoms with Gasteiger partial charge < -0.3 is 5.32 Å². The molecular weight excluding hydrogens is 323 g/mol. The molecule has 7 heteroatoms. The highest BCUT2D eigenvalue weighted by Gasteiger charge is 2.33. The van der Waals surface area contributed by atoms with E-state index in [1.54, 1.807) is 23.9 Å². The zero-order valence-corrected chi connectivity index (χ0v) is 12.9. The number of halogens is 3. The normalized spacial score (nSPS) is 11.0. The Morgan fingerprint density at radius 1 is 1.17 bits per heavy atom. The fourth-order valence-corrected chi connectivity index (χ4v) is 2.82. The second kappa shape index (κ2) is 7.88. The SMILES string of the molecule is N#Cc1ccccc1CSCCNc1ncccc1C(F)(F)F. The maximum absolute atomic E-state index is 12.8. The van der Waals surface area contributed by atoms with Gasteiger partial charge in [-0.15, -0.1) is 0 Å². The van der Waals surface area contributed by atoms with Crippen molar-refractivity contribution in [3.8, 4) is 6.07 Å². The lowest BCUT2D eigenvalue weighted by atomic mass is 10.1. The third-order valence-electron chi connectivity index (χ3n) is 3.05. The first-order valence-corrected chi connectivity index (χ1v) is 7.99. The molecule has 0 bridgehead atoms. The van der Waals surface area contributed by atoms with Crippen molar-refractivity contribution < 1.29 is 13.2 Å². The molecule has 23 heavy (non-hydrogen) atoms. The van der Waals surface area contributed by atoms with Gasteiger partial charge in [0.2, 0.25) is 0 Å². The Morgan fingerprint density at radius 2 is 1.96 bits per heavy atom. The summed E-state index contributed by atoms with van der Waals surface area (Å²) in [6.45, 7) is 0.361. The molecule has 0 amide bonds. The molecule has 0 fully saturated rings. The average Bonchev–Trinajstić information content (AvgIpc) is 2.54. The van der Waals surface area contributed by atoms with Crippen molar-refractivity contribution >= 4 is 17.6 Å². The Hall–Kier alpha value is -2.20. The molecule has 0 atom stereocenters. The number of nitrogens with one attached hydrogen (secondary N) is 1. The van der Waals surface area contributed by atoms with E-state index in [9.17, 15) is 13.2 Å². The quantitative estimate of drug-likeness (QED) is 0.798. The number of anilines is 1. The minimum atomic E-state index is -4.42. The summed E-state index contributed by atoms with van der Waals surface area (Å²) in [6, 6.07) is 11.7. The third kappa shape index (κ3) is 4.89. The molecule has 1 heterocycles. The monoisotopic (exact) mass is 337 g/mol. The first-order chi connectivity index (χ1) is 11.0. The van der Waals surface area contributed by atoms with Gasteiger partial charge in [-0.3, -0.25) is 0 Å². The summed E-state index contributed by atoms with van der Waals surface area (Å²) in [4.78, 5) is 3.74. The molecular formula is C16H14F3N3S. The van der Waals surface area contributed by atoms with Gasteiger partial charge in [-0.1, -0.05) is 18.2 Å². The van der Waals surface area contributed by atoms with Crippen LogP contribution in [0.15, 0.2) is 42.6 Å². The number of nitriles is 1. The lowest BCUT2D eigenvalue weighted by molar-refractivity contribution is -0.137. The minimum absolute atomic E-state index is 0.155. The largest absolute Gasteiger partial charge is 0.419 e. The number of hydrogen-bond acceptors (Lipinski definition) is 4. The molecule has 0 unspecified atom stereocenters. The van der Waals surface area contributed by atoms with Crippen molar-refractivity contribution in [1.29, 1.82) is 5.26 Å². The van der Waals surface area contributed by atoms with E-state index in [1.807, 2.05) is 12.1 Å². The standard InChI is InChI=1S/C16H14F3N3S/c17-16(18,19)14-6-3-7-21-15(14)22-8-9-23-11-13-5-2-1-4-12(13)10-20/h1-7H,8-9,11H2,(H,21,22). The average molecular weight is 337 g/mol. The summed E-state index contributed by atoms with van der Waals surface area (Å²) in [5.74, 6) is 1.09. The van der Waals surface area contributed by atoms with E-state index in [-0.39, 0.29) is 5.82 Å². The van der Waals surface area contributed by atoms with E-state index < -0.39 is 11.7 Å². The maximum Gasteiger partial charge on any atom is 0.419 e. The molecule has 0 radical (unpaired) electrons. The van der Waals surface area contributed by atoms with Crippen LogP contribution in [0.1, 0.15) is 16.7 Å². The molecule has 0 saturated heterocycles. The van der Waals surface area contributed by atoms with Crippen LogP contribution in [0.4, 0.5) is 19.0 Å². The summed E-state index contributed by atoms with van der Waals surface area (Å²) in [5.41, 5.74) is 0.783. The second-order valence-corrected chi connectivity index (χ2v) is 5.75. The lowest BCUT2D eigenvalue weighted by Gasteiger charge is -2.13. The summed E-state index contributed by atoms with van der Waals surface area (Å²) in [7, 11) is 0. The van der Waals surface area contributed by atoms with Crippen LogP contribution in [-0.4, -0.2) is 17.3 Å². The molecule has 1 aromatic carbocycles. The fourth-order valence-electron chi connectivity index (χ4n) is 1.95. The molecule has 2 aromatic rings. The van der Waals surface area contributed by atoms with Crippen molar-refractivity contribution in [3.05, 3.63) is 59.3 Å². The molecule has 0 aliphatic carbocycles. The molecule has 0 saturated carbocycles. The van der Waals surface area contributed by atoms with Crippen LogP contribution in [0.25, 0.3) is 0 Å². The second-order valence-electron chi connectivity index (χ2n) is 4.65. The van der Waals surface area contributed by atoms with Crippen LogP contribution in [0.2, 0.25) is 0 Å². The first-order valence-electron chi connectivity index (χ1n) is 6.84. The van der Waals surface area contributed by atoms with Gasteiger partial charge >= 0.3 is 6.18 Å². The first kappa shape index (κ1) is 17.2. The van der Waals surface area contributed by atoms with E-state index in [2.05, 4.69) is 16.4 Å². The number of rotatable bonds is 6. The Labute approximate surface area is 136 Å². The predicted molar refractivity (Wildman–Crippen MR) is 85.0 cm³/mol. The predicted octanol–water partition coefficient (Wildman–Crippen LogP) is 4.32. The van der Waals surface area contributed by atoms with E-state index in [0.717, 1.165) is 11.6 Å². The van der Waals surface area contributed by atoms with Gasteiger partial charge in [0.15, 0.2) is 0 Å². The zero-order valence-electron chi connectivity index (χ0n) is 12.1. The van der Waals surface area contributed by atoms with Gasteiger partial charge in [0.1, 0.15) is 5.82 Å².